The van der Waals surface area contributed by atoms with E-state index >= 15 is 0 Å². The fraction of sp³-hybridized carbons (Fsp3) is 0.846. The van der Waals surface area contributed by atoms with Crippen LogP contribution >= 0.6 is 0 Å². The summed E-state index contributed by atoms with van der Waals surface area (Å²) in [5.41, 5.74) is -7.50. The minimum atomic E-state index is -1.89. The molecule has 206 valence electrons. The highest BCUT2D eigenvalue weighted by molar-refractivity contribution is 5.84. The molecule has 1 spiro atoms. The van der Waals surface area contributed by atoms with E-state index in [9.17, 15) is 29.4 Å². The molecule has 11 atom stereocenters. The summed E-state index contributed by atoms with van der Waals surface area (Å²) in [6, 6.07) is 0. The van der Waals surface area contributed by atoms with E-state index in [-0.39, 0.29) is 6.42 Å². The van der Waals surface area contributed by atoms with Crippen LogP contribution in [-0.4, -0.2) is 76.0 Å². The largest absolute Gasteiger partial charge is 0.462 e. The normalized spacial score (nSPS) is 50.8. The molecule has 0 aromatic carbocycles. The first-order valence-electron chi connectivity index (χ1n) is 12.8. The van der Waals surface area contributed by atoms with Crippen molar-refractivity contribution in [2.24, 2.45) is 28.1 Å². The number of rotatable bonds is 3. The number of ether oxygens (including phenoxy) is 5. The maximum absolute atomic E-state index is 13.3. The molecule has 11 heteroatoms. The predicted molar refractivity (Wildman–Crippen MR) is 122 cm³/mol. The molecule has 0 aromatic heterocycles. The smallest absolute Gasteiger partial charge is 0.320 e. The molecule has 3 aliphatic carbocycles. The molecule has 0 amide bonds. The minimum absolute atomic E-state index is 0.0296. The zero-order chi connectivity index (χ0) is 27.5. The van der Waals surface area contributed by atoms with Gasteiger partial charge in [0.2, 0.25) is 6.29 Å². The summed E-state index contributed by atoms with van der Waals surface area (Å²) in [6.45, 7) is 10.5. The summed E-state index contributed by atoms with van der Waals surface area (Å²) in [6.07, 6.45) is -4.25. The van der Waals surface area contributed by atoms with Crippen LogP contribution in [0, 0.1) is 28.1 Å². The Kier molecular flexibility index (Phi) is 5.46. The maximum atomic E-state index is 13.3. The van der Waals surface area contributed by atoms with Gasteiger partial charge in [0.1, 0.15) is 29.3 Å². The number of esters is 4. The van der Waals surface area contributed by atoms with Gasteiger partial charge in [0.05, 0.1) is 5.60 Å². The molecule has 5 unspecified atom stereocenters. The number of fused-ring (bicyclic) bond motifs is 5. The van der Waals surface area contributed by atoms with Crippen LogP contribution in [-0.2, 0) is 42.9 Å². The van der Waals surface area contributed by atoms with Crippen molar-refractivity contribution in [2.75, 3.05) is 0 Å². The van der Waals surface area contributed by atoms with Crippen LogP contribution in [0.1, 0.15) is 67.7 Å². The van der Waals surface area contributed by atoms with Crippen LogP contribution in [0.25, 0.3) is 0 Å². The first-order chi connectivity index (χ1) is 17.0. The van der Waals surface area contributed by atoms with Gasteiger partial charge >= 0.3 is 23.9 Å². The van der Waals surface area contributed by atoms with Crippen molar-refractivity contribution in [3.63, 3.8) is 0 Å². The second-order valence-corrected chi connectivity index (χ2v) is 12.5. The van der Waals surface area contributed by atoms with Gasteiger partial charge in [-0.2, -0.15) is 0 Å². The molecule has 5 fully saturated rings. The fourth-order valence-corrected chi connectivity index (χ4v) is 8.70. The van der Waals surface area contributed by atoms with Gasteiger partial charge in [-0.3, -0.25) is 19.2 Å². The zero-order valence-electron chi connectivity index (χ0n) is 22.2. The van der Waals surface area contributed by atoms with Gasteiger partial charge in [-0.25, -0.2) is 0 Å². The highest BCUT2D eigenvalue weighted by atomic mass is 16.8. The lowest BCUT2D eigenvalue weighted by Crippen LogP contribution is -2.80. The Labute approximate surface area is 215 Å². The number of aliphatic hydroxyl groups is 2. The van der Waals surface area contributed by atoms with Crippen molar-refractivity contribution in [1.82, 2.24) is 0 Å². The van der Waals surface area contributed by atoms with E-state index < -0.39 is 93.9 Å². The highest BCUT2D eigenvalue weighted by Crippen LogP contribution is 2.75. The van der Waals surface area contributed by atoms with Crippen LogP contribution in [0.5, 0.6) is 0 Å². The second kappa shape index (κ2) is 7.66. The first kappa shape index (κ1) is 26.4. The summed E-state index contributed by atoms with van der Waals surface area (Å²) < 4.78 is 28.3. The third kappa shape index (κ3) is 3.04. The molecule has 11 nitrogen and oxygen atoms in total. The Balaban J connectivity index is 1.79. The van der Waals surface area contributed by atoms with Crippen LogP contribution in [0.3, 0.4) is 0 Å². The summed E-state index contributed by atoms with van der Waals surface area (Å²) in [5.74, 6) is -4.33. The van der Waals surface area contributed by atoms with Gasteiger partial charge < -0.3 is 33.9 Å². The maximum Gasteiger partial charge on any atom is 0.320 e. The van der Waals surface area contributed by atoms with Crippen molar-refractivity contribution in [3.8, 4) is 0 Å². The molecule has 0 bridgehead atoms. The number of carbonyl (C=O) groups excluding carboxylic acids is 4. The van der Waals surface area contributed by atoms with E-state index in [4.69, 9.17) is 23.7 Å². The lowest BCUT2D eigenvalue weighted by Gasteiger charge is -2.68. The van der Waals surface area contributed by atoms with E-state index in [2.05, 4.69) is 0 Å². The van der Waals surface area contributed by atoms with Crippen LogP contribution in [0.4, 0.5) is 0 Å². The molecular formula is C26H36O11. The summed E-state index contributed by atoms with van der Waals surface area (Å²) in [5, 5.41) is 25.1. The summed E-state index contributed by atoms with van der Waals surface area (Å²) >= 11 is 0. The Bertz CT molecular complexity index is 1070. The number of hydrogen-bond acceptors (Lipinski definition) is 11. The van der Waals surface area contributed by atoms with E-state index in [0.717, 1.165) is 0 Å². The quantitative estimate of drug-likeness (QED) is 0.308. The average Bonchev–Trinajstić information content (AvgIpc) is 3.39. The standard InChI is InChI=1S/C26H36O11/c1-11(27)33-15-8-9-22(4,5)26(32)18(35-13(3)29)17(34-12(2)28)16-14(23(15,26)6)10-25(24(16,7)31)19-20(36-19)37-21(25)30/h14-20,31-32H,8-10H2,1-7H3/t14?,15-,16?,17+,18-,19?,20?,23-,24+,25?,26+/m0/s1. The molecular weight excluding hydrogens is 488 g/mol. The van der Waals surface area contributed by atoms with Gasteiger partial charge in [0, 0.05) is 32.1 Å². The van der Waals surface area contributed by atoms with Crippen molar-refractivity contribution < 1.29 is 53.1 Å². The number of epoxide rings is 1. The molecule has 2 N–H and O–H groups in total. The molecule has 2 aliphatic heterocycles. The summed E-state index contributed by atoms with van der Waals surface area (Å²) in [4.78, 5) is 50.4. The molecule has 37 heavy (non-hydrogen) atoms. The lowest BCUT2D eigenvalue weighted by atomic mass is 9.41. The third-order valence-electron chi connectivity index (χ3n) is 10.3. The second-order valence-electron chi connectivity index (χ2n) is 12.5. The first-order valence-corrected chi connectivity index (χ1v) is 12.8. The van der Waals surface area contributed by atoms with Crippen LogP contribution in [0.15, 0.2) is 0 Å². The van der Waals surface area contributed by atoms with E-state index in [1.54, 1.807) is 6.92 Å². The molecule has 2 heterocycles. The van der Waals surface area contributed by atoms with E-state index in [1.165, 1.54) is 27.7 Å². The van der Waals surface area contributed by atoms with Gasteiger partial charge in [-0.1, -0.05) is 20.8 Å². The van der Waals surface area contributed by atoms with Crippen molar-refractivity contribution in [1.29, 1.82) is 0 Å². The van der Waals surface area contributed by atoms with Crippen LogP contribution in [0.2, 0.25) is 0 Å². The topological polar surface area (TPSA) is 158 Å². The third-order valence-corrected chi connectivity index (χ3v) is 10.3. The van der Waals surface area contributed by atoms with Crippen LogP contribution < -0.4 is 0 Å². The van der Waals surface area contributed by atoms with Gasteiger partial charge in [0.15, 0.2) is 6.10 Å². The summed E-state index contributed by atoms with van der Waals surface area (Å²) in [7, 11) is 0. The molecule has 0 aromatic rings. The highest BCUT2D eigenvalue weighted by Gasteiger charge is 2.87. The van der Waals surface area contributed by atoms with Crippen molar-refractivity contribution >= 4 is 23.9 Å². The van der Waals surface area contributed by atoms with Gasteiger partial charge in [-0.05, 0) is 37.5 Å². The molecule has 0 radical (unpaired) electrons. The fourth-order valence-electron chi connectivity index (χ4n) is 8.70. The van der Waals surface area contributed by atoms with E-state index in [0.29, 0.717) is 12.8 Å². The Morgan fingerprint density at radius 3 is 2.05 bits per heavy atom. The number of carbonyl (C=O) groups is 4. The Hall–Kier alpha value is -2.24. The monoisotopic (exact) mass is 524 g/mol. The molecule has 3 saturated carbocycles. The lowest BCUT2D eigenvalue weighted by molar-refractivity contribution is -0.340. The Morgan fingerprint density at radius 1 is 0.946 bits per heavy atom. The molecule has 2 saturated heterocycles. The van der Waals surface area contributed by atoms with Gasteiger partial charge in [-0.15, -0.1) is 0 Å². The Morgan fingerprint density at radius 2 is 1.54 bits per heavy atom. The average molecular weight is 525 g/mol. The predicted octanol–water partition coefficient (Wildman–Crippen LogP) is 1.01. The molecule has 5 aliphatic rings. The van der Waals surface area contributed by atoms with Crippen molar-refractivity contribution in [2.45, 2.75) is 110 Å². The van der Waals surface area contributed by atoms with E-state index in [1.807, 2.05) is 13.8 Å². The van der Waals surface area contributed by atoms with Gasteiger partial charge in [0.25, 0.3) is 0 Å². The minimum Gasteiger partial charge on any atom is -0.462 e. The molecule has 5 rings (SSSR count). The zero-order valence-corrected chi connectivity index (χ0v) is 22.2. The number of hydrogen-bond donors (Lipinski definition) is 2. The van der Waals surface area contributed by atoms with Crippen molar-refractivity contribution in [3.05, 3.63) is 0 Å². The SMILES string of the molecule is CC(=O)O[C@@H]1C2C(CC3(C(=O)OC4OC43)[C@]2(C)O)[C@@]2(C)[C@@H](OC(C)=O)CCC(C)(C)[C@]2(O)[C@H]1OC(C)=O.